The van der Waals surface area contributed by atoms with Crippen LogP contribution in [0.25, 0.3) is 0 Å². The van der Waals surface area contributed by atoms with Gasteiger partial charge >= 0.3 is 0 Å². The van der Waals surface area contributed by atoms with Crippen molar-refractivity contribution in [3.8, 4) is 5.75 Å². The molecule has 0 aliphatic carbocycles. The summed E-state index contributed by atoms with van der Waals surface area (Å²) in [6.45, 7) is 0.865. The minimum Gasteiger partial charge on any atom is -0.497 e. The molecule has 0 spiro atoms. The highest BCUT2D eigenvalue weighted by molar-refractivity contribution is 7.85. The summed E-state index contributed by atoms with van der Waals surface area (Å²) < 4.78 is 51.8. The van der Waals surface area contributed by atoms with E-state index in [2.05, 4.69) is 0 Å². The zero-order valence-corrected chi connectivity index (χ0v) is 24.1. The van der Waals surface area contributed by atoms with Crippen LogP contribution in [0.1, 0.15) is 23.0 Å². The van der Waals surface area contributed by atoms with E-state index in [0.717, 1.165) is 22.4 Å². The number of rotatable bonds is 10. The number of benzene rings is 4. The maximum Gasteiger partial charge on any atom is 0.184 e. The van der Waals surface area contributed by atoms with Gasteiger partial charge in [0.05, 0.1) is 37.7 Å². The first-order valence-corrected chi connectivity index (χ1v) is 15.2. The van der Waals surface area contributed by atoms with Gasteiger partial charge in [0.25, 0.3) is 0 Å². The maximum atomic E-state index is 14.0. The third-order valence-corrected chi connectivity index (χ3v) is 8.97. The number of ether oxygens (including phenoxy) is 6. The molecule has 218 valence electrons. The number of methoxy groups -OCH3 is 1. The fraction of sp³-hybridized carbons (Fsp3) is 0.294. The number of fused-ring (bicyclic) bond motifs is 1. The van der Waals surface area contributed by atoms with Crippen LogP contribution in [0.3, 0.4) is 0 Å². The summed E-state index contributed by atoms with van der Waals surface area (Å²) >= 11 is 0. The largest absolute Gasteiger partial charge is 0.497 e. The first-order valence-electron chi connectivity index (χ1n) is 14.0. The molecule has 2 fully saturated rings. The Morgan fingerprint density at radius 3 is 1.98 bits per heavy atom. The average molecular weight is 587 g/mol. The highest BCUT2D eigenvalue weighted by Gasteiger charge is 2.53. The van der Waals surface area contributed by atoms with Crippen molar-refractivity contribution in [1.29, 1.82) is 0 Å². The van der Waals surface area contributed by atoms with E-state index in [0.29, 0.717) is 18.1 Å². The van der Waals surface area contributed by atoms with Crippen molar-refractivity contribution in [2.24, 2.45) is 0 Å². The summed E-state index contributed by atoms with van der Waals surface area (Å²) in [6, 6.07) is 36.7. The van der Waals surface area contributed by atoms with Gasteiger partial charge in [0.2, 0.25) is 0 Å². The molecule has 0 amide bonds. The molecule has 7 nitrogen and oxygen atoms in total. The lowest BCUT2D eigenvalue weighted by atomic mass is 9.98. The van der Waals surface area contributed by atoms with Crippen molar-refractivity contribution >= 4 is 10.8 Å². The number of hydrogen-bond donors (Lipinski definition) is 0. The third-order valence-electron chi connectivity index (χ3n) is 7.43. The van der Waals surface area contributed by atoms with Gasteiger partial charge in [0, 0.05) is 10.5 Å². The van der Waals surface area contributed by atoms with Crippen molar-refractivity contribution in [3.05, 3.63) is 132 Å². The van der Waals surface area contributed by atoms with Gasteiger partial charge in [-0.1, -0.05) is 91.0 Å². The van der Waals surface area contributed by atoms with E-state index in [-0.39, 0.29) is 6.61 Å². The van der Waals surface area contributed by atoms with Gasteiger partial charge in [-0.05, 0) is 35.4 Å². The molecule has 8 heteroatoms. The smallest absolute Gasteiger partial charge is 0.184 e. The molecule has 4 aromatic rings. The van der Waals surface area contributed by atoms with Crippen molar-refractivity contribution in [2.75, 3.05) is 13.7 Å². The van der Waals surface area contributed by atoms with Gasteiger partial charge in [0.15, 0.2) is 11.7 Å². The van der Waals surface area contributed by atoms with Gasteiger partial charge in [-0.2, -0.15) is 0 Å². The molecular formula is C34H34O7S. The molecule has 2 saturated heterocycles. The fourth-order valence-electron chi connectivity index (χ4n) is 5.23. The zero-order chi connectivity index (χ0) is 28.7. The Hall–Kier alpha value is -3.37. The van der Waals surface area contributed by atoms with Gasteiger partial charge in [-0.15, -0.1) is 0 Å². The van der Waals surface area contributed by atoms with E-state index in [9.17, 15) is 4.21 Å². The third kappa shape index (κ3) is 6.65. The highest BCUT2D eigenvalue weighted by atomic mass is 32.2. The molecule has 0 bridgehead atoms. The first-order chi connectivity index (χ1) is 20.7. The van der Waals surface area contributed by atoms with Crippen LogP contribution in [-0.2, 0) is 47.7 Å². The Morgan fingerprint density at radius 1 is 0.714 bits per heavy atom. The molecular weight excluding hydrogens is 552 g/mol. The molecule has 7 atom stereocenters. The lowest BCUT2D eigenvalue weighted by molar-refractivity contribution is -0.330. The van der Waals surface area contributed by atoms with Crippen LogP contribution in [0.4, 0.5) is 0 Å². The fourth-order valence-corrected chi connectivity index (χ4v) is 6.65. The van der Waals surface area contributed by atoms with Crippen LogP contribution in [0.15, 0.2) is 120 Å². The molecule has 6 rings (SSSR count). The molecule has 2 unspecified atom stereocenters. The lowest BCUT2D eigenvalue weighted by Gasteiger charge is -2.49. The summed E-state index contributed by atoms with van der Waals surface area (Å²) in [7, 11) is 0.0942. The Morgan fingerprint density at radius 2 is 1.31 bits per heavy atom. The van der Waals surface area contributed by atoms with E-state index in [4.69, 9.17) is 28.4 Å². The van der Waals surface area contributed by atoms with E-state index in [1.54, 1.807) is 7.11 Å². The zero-order valence-electron chi connectivity index (χ0n) is 23.3. The molecule has 42 heavy (non-hydrogen) atoms. The minimum absolute atomic E-state index is 0.264. The monoisotopic (exact) mass is 586 g/mol. The van der Waals surface area contributed by atoms with Crippen molar-refractivity contribution in [2.45, 2.75) is 54.3 Å². The Kier molecular flexibility index (Phi) is 9.40. The second kappa shape index (κ2) is 13.7. The highest BCUT2D eigenvalue weighted by Crippen LogP contribution is 2.38. The lowest BCUT2D eigenvalue weighted by Crippen LogP contribution is -2.63. The summed E-state index contributed by atoms with van der Waals surface area (Å²) in [6.07, 6.45) is -2.90. The number of hydrogen-bond acceptors (Lipinski definition) is 7. The minimum atomic E-state index is -1.55. The van der Waals surface area contributed by atoms with Crippen LogP contribution < -0.4 is 4.74 Å². The molecule has 0 saturated carbocycles. The normalized spacial score (nSPS) is 26.2. The van der Waals surface area contributed by atoms with Crippen LogP contribution in [0.2, 0.25) is 0 Å². The average Bonchev–Trinajstić information content (AvgIpc) is 3.07. The van der Waals surface area contributed by atoms with E-state index in [1.165, 1.54) is 0 Å². The maximum absolute atomic E-state index is 14.0. The summed E-state index contributed by atoms with van der Waals surface area (Å²) in [5.41, 5.74) is 2.06. The van der Waals surface area contributed by atoms with Gasteiger partial charge < -0.3 is 28.4 Å². The van der Waals surface area contributed by atoms with Crippen LogP contribution >= 0.6 is 0 Å². The van der Waals surface area contributed by atoms with Gasteiger partial charge in [-0.25, -0.2) is 0 Å². The van der Waals surface area contributed by atoms with Crippen molar-refractivity contribution < 1.29 is 32.6 Å². The van der Waals surface area contributed by atoms with Crippen LogP contribution in [0, 0.1) is 0 Å². The topological polar surface area (TPSA) is 72.5 Å². The van der Waals surface area contributed by atoms with E-state index < -0.39 is 46.9 Å². The van der Waals surface area contributed by atoms with Crippen LogP contribution in [-0.4, -0.2) is 47.8 Å². The predicted molar refractivity (Wildman–Crippen MR) is 158 cm³/mol. The SMILES string of the molecule is COc1ccc(CO[C@H]2[C@@H]3OC(c4ccccc4)OC[C@H]3O[C@H](S(=O)c3ccccc3)[C@H]2OCc2ccccc2)cc1. The first kappa shape index (κ1) is 28.7. The Balaban J connectivity index is 1.33. The molecule has 0 radical (unpaired) electrons. The molecule has 2 aliphatic rings. The van der Waals surface area contributed by atoms with E-state index >= 15 is 0 Å². The van der Waals surface area contributed by atoms with E-state index in [1.807, 2.05) is 115 Å². The van der Waals surface area contributed by atoms with Crippen LogP contribution in [0.5, 0.6) is 5.75 Å². The molecule has 4 aromatic carbocycles. The quantitative estimate of drug-likeness (QED) is 0.232. The Bertz CT molecular complexity index is 1420. The van der Waals surface area contributed by atoms with Gasteiger partial charge in [0.1, 0.15) is 30.2 Å². The summed E-state index contributed by atoms with van der Waals surface area (Å²) in [4.78, 5) is 0.656. The molecule has 2 heterocycles. The molecule has 2 aliphatic heterocycles. The summed E-state index contributed by atoms with van der Waals surface area (Å²) in [5, 5.41) is 0. The second-order valence-electron chi connectivity index (χ2n) is 10.2. The van der Waals surface area contributed by atoms with Gasteiger partial charge in [-0.3, -0.25) is 4.21 Å². The standard InChI is InChI=1S/C34H34O7S/c1-36-27-19-17-25(18-20-27)22-37-31-30-29(23-39-33(41-30)26-13-7-3-8-14-26)40-34(42(35)28-15-9-4-10-16-28)32(31)38-21-24-11-5-2-6-12-24/h2-20,29-34H,21-23H2,1H3/t29-,30-,31+,32+,33?,34-,42?/m1/s1. The summed E-state index contributed by atoms with van der Waals surface area (Å²) in [5.74, 6) is 0.769. The predicted octanol–water partition coefficient (Wildman–Crippen LogP) is 5.81. The Labute approximate surface area is 248 Å². The van der Waals surface area contributed by atoms with Crippen molar-refractivity contribution in [3.63, 3.8) is 0 Å². The second-order valence-corrected chi connectivity index (χ2v) is 11.7. The molecule has 0 N–H and O–H groups in total. The molecule has 0 aromatic heterocycles. The van der Waals surface area contributed by atoms with Crippen molar-refractivity contribution in [1.82, 2.24) is 0 Å².